The summed E-state index contributed by atoms with van der Waals surface area (Å²) >= 11 is 0. The lowest BCUT2D eigenvalue weighted by atomic mass is 10.0. The number of anilines is 1. The first kappa shape index (κ1) is 15.4. The molecule has 5 heteroatoms. The molecule has 0 bridgehead atoms. The maximum Gasteiger partial charge on any atom is 0.337 e. The summed E-state index contributed by atoms with van der Waals surface area (Å²) < 4.78 is 1.79. The quantitative estimate of drug-likeness (QED) is 0.793. The monoisotopic (exact) mass is 333 g/mol. The number of aryl methyl sites for hydroxylation is 1. The van der Waals surface area contributed by atoms with Crippen molar-refractivity contribution < 1.29 is 9.90 Å². The second-order valence-corrected chi connectivity index (χ2v) is 6.25. The largest absolute Gasteiger partial charge is 0.478 e. The van der Waals surface area contributed by atoms with Crippen molar-refractivity contribution in [3.63, 3.8) is 0 Å². The Bertz CT molecular complexity index is 917. The molecule has 0 fully saturated rings. The molecular formula is C20H19N3O2. The molecule has 1 aromatic heterocycles. The summed E-state index contributed by atoms with van der Waals surface area (Å²) in [5.74, 6) is -0.934. The van der Waals surface area contributed by atoms with Gasteiger partial charge in [0.25, 0.3) is 0 Å². The number of fused-ring (bicyclic) bond motifs is 1. The summed E-state index contributed by atoms with van der Waals surface area (Å²) in [6, 6.07) is 15.5. The Labute approximate surface area is 146 Å². The highest BCUT2D eigenvalue weighted by Crippen LogP contribution is 2.28. The van der Waals surface area contributed by atoms with Crippen LogP contribution in [0.5, 0.6) is 0 Å². The first-order valence-electron chi connectivity index (χ1n) is 8.41. The van der Waals surface area contributed by atoms with Gasteiger partial charge in [-0.2, -0.15) is 0 Å². The molecule has 2 heterocycles. The van der Waals surface area contributed by atoms with E-state index >= 15 is 0 Å². The number of hydrogen-bond acceptors (Lipinski definition) is 3. The van der Waals surface area contributed by atoms with Crippen LogP contribution < -0.4 is 4.90 Å². The van der Waals surface area contributed by atoms with Crippen LogP contribution in [0.1, 0.15) is 28.0 Å². The lowest BCUT2D eigenvalue weighted by molar-refractivity contribution is 0.0697. The molecule has 0 radical (unpaired) electrons. The molecule has 3 aromatic rings. The van der Waals surface area contributed by atoms with E-state index in [0.29, 0.717) is 5.69 Å². The van der Waals surface area contributed by atoms with E-state index in [1.165, 1.54) is 11.3 Å². The normalized spacial score (nSPS) is 13.5. The molecule has 0 aliphatic carbocycles. The molecule has 126 valence electrons. The van der Waals surface area contributed by atoms with Crippen LogP contribution in [0.2, 0.25) is 0 Å². The Morgan fingerprint density at radius 3 is 2.68 bits per heavy atom. The van der Waals surface area contributed by atoms with Gasteiger partial charge < -0.3 is 14.6 Å². The second-order valence-electron chi connectivity index (χ2n) is 6.25. The average Bonchev–Trinajstić information content (AvgIpc) is 3.10. The molecule has 2 aromatic carbocycles. The van der Waals surface area contributed by atoms with Crippen molar-refractivity contribution in [2.24, 2.45) is 0 Å². The van der Waals surface area contributed by atoms with E-state index in [4.69, 9.17) is 0 Å². The topological polar surface area (TPSA) is 58.4 Å². The van der Waals surface area contributed by atoms with Crippen molar-refractivity contribution in [3.8, 4) is 5.69 Å². The van der Waals surface area contributed by atoms with E-state index < -0.39 is 5.97 Å². The summed E-state index contributed by atoms with van der Waals surface area (Å²) in [5.41, 5.74) is 4.48. The fourth-order valence-electron chi connectivity index (χ4n) is 3.43. The molecule has 1 N–H and O–H groups in total. The first-order chi connectivity index (χ1) is 12.2. The lowest BCUT2D eigenvalue weighted by Crippen LogP contribution is -2.28. The predicted molar refractivity (Wildman–Crippen MR) is 96.3 cm³/mol. The molecule has 25 heavy (non-hydrogen) atoms. The number of carbonyl (C=O) groups is 1. The number of nitrogens with zero attached hydrogens (tertiary/aromatic N) is 3. The van der Waals surface area contributed by atoms with Gasteiger partial charge in [-0.25, -0.2) is 9.78 Å². The van der Waals surface area contributed by atoms with Gasteiger partial charge in [0.2, 0.25) is 0 Å². The van der Waals surface area contributed by atoms with Crippen LogP contribution in [-0.4, -0.2) is 27.2 Å². The Morgan fingerprint density at radius 2 is 1.84 bits per heavy atom. The Hall–Kier alpha value is -3.08. The van der Waals surface area contributed by atoms with Crippen molar-refractivity contribution in [3.05, 3.63) is 77.9 Å². The molecule has 0 spiro atoms. The Balaban J connectivity index is 1.60. The van der Waals surface area contributed by atoms with E-state index in [9.17, 15) is 9.90 Å². The standard InChI is InChI=1S/C20H19N3O2/c24-20(25)17-8-2-4-10-19(17)23-13-16(21-14-23)12-22-11-5-7-15-6-1-3-9-18(15)22/h1-4,6,8-10,13-14H,5,7,11-12H2,(H,24,25). The van der Waals surface area contributed by atoms with Gasteiger partial charge in [0, 0.05) is 18.4 Å². The molecule has 0 atom stereocenters. The summed E-state index contributed by atoms with van der Waals surface area (Å²) in [7, 11) is 0. The van der Waals surface area contributed by atoms with Gasteiger partial charge in [0.15, 0.2) is 0 Å². The van der Waals surface area contributed by atoms with Crippen molar-refractivity contribution in [2.75, 3.05) is 11.4 Å². The Kier molecular flexibility index (Phi) is 3.98. The van der Waals surface area contributed by atoms with Crippen LogP contribution in [0, 0.1) is 0 Å². The van der Waals surface area contributed by atoms with Gasteiger partial charge in [0.05, 0.1) is 29.8 Å². The number of para-hydroxylation sites is 2. The molecular weight excluding hydrogens is 314 g/mol. The summed E-state index contributed by atoms with van der Waals surface area (Å²) in [4.78, 5) is 18.2. The van der Waals surface area contributed by atoms with Gasteiger partial charge in [-0.05, 0) is 36.6 Å². The third-order valence-corrected chi connectivity index (χ3v) is 4.61. The van der Waals surface area contributed by atoms with Crippen molar-refractivity contribution in [2.45, 2.75) is 19.4 Å². The molecule has 4 rings (SSSR count). The van der Waals surface area contributed by atoms with Gasteiger partial charge >= 0.3 is 5.97 Å². The third kappa shape index (κ3) is 3.01. The maximum atomic E-state index is 11.4. The minimum Gasteiger partial charge on any atom is -0.478 e. The highest BCUT2D eigenvalue weighted by molar-refractivity contribution is 5.91. The fourth-order valence-corrected chi connectivity index (χ4v) is 3.43. The van der Waals surface area contributed by atoms with Gasteiger partial charge in [-0.1, -0.05) is 30.3 Å². The summed E-state index contributed by atoms with van der Waals surface area (Å²) in [6.45, 7) is 1.73. The van der Waals surface area contributed by atoms with Crippen LogP contribution >= 0.6 is 0 Å². The smallest absolute Gasteiger partial charge is 0.337 e. The van der Waals surface area contributed by atoms with Crippen molar-refractivity contribution in [1.82, 2.24) is 9.55 Å². The van der Waals surface area contributed by atoms with Gasteiger partial charge in [0.1, 0.15) is 0 Å². The third-order valence-electron chi connectivity index (χ3n) is 4.61. The van der Waals surface area contributed by atoms with Crippen molar-refractivity contribution in [1.29, 1.82) is 0 Å². The van der Waals surface area contributed by atoms with E-state index in [1.807, 2.05) is 12.3 Å². The van der Waals surface area contributed by atoms with Crippen molar-refractivity contribution >= 4 is 11.7 Å². The summed E-state index contributed by atoms with van der Waals surface area (Å²) in [6.07, 6.45) is 5.86. The minimum atomic E-state index is -0.934. The SMILES string of the molecule is O=C(O)c1ccccc1-n1cnc(CN2CCCc3ccccc32)c1. The molecule has 0 saturated heterocycles. The second kappa shape index (κ2) is 6.43. The number of carboxylic acids is 1. The van der Waals surface area contributed by atoms with Crippen LogP contribution in [-0.2, 0) is 13.0 Å². The number of aromatic nitrogens is 2. The maximum absolute atomic E-state index is 11.4. The molecule has 0 unspecified atom stereocenters. The number of carboxylic acid groups (broad SMARTS) is 1. The molecule has 0 amide bonds. The van der Waals surface area contributed by atoms with Gasteiger partial charge in [-0.15, -0.1) is 0 Å². The zero-order chi connectivity index (χ0) is 17.2. The lowest BCUT2D eigenvalue weighted by Gasteiger charge is -2.30. The minimum absolute atomic E-state index is 0.273. The van der Waals surface area contributed by atoms with Crippen LogP contribution in [0.4, 0.5) is 5.69 Å². The highest BCUT2D eigenvalue weighted by atomic mass is 16.4. The number of imidazole rings is 1. The number of benzene rings is 2. The Morgan fingerprint density at radius 1 is 1.08 bits per heavy atom. The molecule has 5 nitrogen and oxygen atoms in total. The zero-order valence-corrected chi connectivity index (χ0v) is 13.8. The van der Waals surface area contributed by atoms with Gasteiger partial charge in [-0.3, -0.25) is 0 Å². The number of hydrogen-bond donors (Lipinski definition) is 1. The number of aromatic carboxylic acids is 1. The van der Waals surface area contributed by atoms with Crippen LogP contribution in [0.25, 0.3) is 5.69 Å². The van der Waals surface area contributed by atoms with E-state index in [-0.39, 0.29) is 5.56 Å². The van der Waals surface area contributed by atoms with E-state index in [1.54, 1.807) is 29.1 Å². The van der Waals surface area contributed by atoms with E-state index in [2.05, 4.69) is 34.1 Å². The molecule has 1 aliphatic rings. The zero-order valence-electron chi connectivity index (χ0n) is 13.8. The molecule has 0 saturated carbocycles. The fraction of sp³-hybridized carbons (Fsp3) is 0.200. The van der Waals surface area contributed by atoms with E-state index in [0.717, 1.165) is 31.6 Å². The number of rotatable bonds is 4. The average molecular weight is 333 g/mol. The van der Waals surface area contributed by atoms with Crippen LogP contribution in [0.15, 0.2) is 61.1 Å². The molecule has 1 aliphatic heterocycles. The predicted octanol–water partition coefficient (Wildman–Crippen LogP) is 3.52. The highest BCUT2D eigenvalue weighted by Gasteiger charge is 2.18. The summed E-state index contributed by atoms with van der Waals surface area (Å²) in [5, 5.41) is 9.36. The van der Waals surface area contributed by atoms with Crippen LogP contribution in [0.3, 0.4) is 0 Å². The first-order valence-corrected chi connectivity index (χ1v) is 8.41.